The Balaban J connectivity index is 0.000000291. The van der Waals surface area contributed by atoms with Crippen molar-refractivity contribution in [2.45, 2.75) is 55.4 Å². The minimum atomic E-state index is 1.24. The molecule has 4 aromatic rings. The Labute approximate surface area is 264 Å². The van der Waals surface area contributed by atoms with Gasteiger partial charge in [0.15, 0.2) is 0 Å². The number of hydrogen-bond donors (Lipinski definition) is 0. The molecule has 0 unspecified atom stereocenters. The maximum absolute atomic E-state index is 2.14. The van der Waals surface area contributed by atoms with E-state index in [2.05, 4.69) is 133 Å². The zero-order chi connectivity index (χ0) is 31.0. The molecule has 2 heterocycles. The van der Waals surface area contributed by atoms with Crippen LogP contribution in [0.4, 0.5) is 0 Å². The molecule has 2 heteroatoms. The second kappa shape index (κ2) is 22.9. The van der Waals surface area contributed by atoms with Gasteiger partial charge in [0.2, 0.25) is 0 Å². The van der Waals surface area contributed by atoms with Crippen LogP contribution in [-0.2, 0) is 0 Å². The molecular weight excluding hydrogens is 545 g/mol. The van der Waals surface area contributed by atoms with E-state index in [9.17, 15) is 0 Å². The van der Waals surface area contributed by atoms with E-state index in [0.717, 1.165) is 0 Å². The van der Waals surface area contributed by atoms with Crippen molar-refractivity contribution in [3.8, 4) is 0 Å². The zero-order valence-electron chi connectivity index (χ0n) is 26.7. The van der Waals surface area contributed by atoms with E-state index >= 15 is 0 Å². The molecule has 2 aromatic carbocycles. The molecule has 0 bridgehead atoms. The quantitative estimate of drug-likeness (QED) is 0.195. The first-order valence-corrected chi connectivity index (χ1v) is 16.0. The van der Waals surface area contributed by atoms with Crippen LogP contribution in [-0.4, -0.2) is 0 Å². The van der Waals surface area contributed by atoms with Gasteiger partial charge in [-0.05, 0) is 91.3 Å². The van der Waals surface area contributed by atoms with Crippen molar-refractivity contribution in [1.82, 2.24) is 0 Å². The lowest BCUT2D eigenvalue weighted by molar-refractivity contribution is 1.40. The molecule has 0 saturated heterocycles. The predicted molar refractivity (Wildman–Crippen MR) is 196 cm³/mol. The van der Waals surface area contributed by atoms with E-state index in [-0.39, 0.29) is 0 Å². The highest BCUT2D eigenvalue weighted by Crippen LogP contribution is 2.16. The Bertz CT molecular complexity index is 1380. The summed E-state index contributed by atoms with van der Waals surface area (Å²) in [6.45, 7) is 16.7. The average Bonchev–Trinajstić information content (AvgIpc) is 3.58. The summed E-state index contributed by atoms with van der Waals surface area (Å²) in [5.74, 6) is 0. The summed E-state index contributed by atoms with van der Waals surface area (Å²) in [6, 6.07) is 25.5. The number of hydrogen-bond acceptors (Lipinski definition) is 2. The van der Waals surface area contributed by atoms with Crippen molar-refractivity contribution in [3.63, 3.8) is 0 Å². The maximum atomic E-state index is 2.14. The SMILES string of the molecule is C/C=C/C=C/C=C/c1ccc(C)cc1.C/C=C/C=C/C=C/c1ccc(C)s1.Cc1ccc(C)cc1.Cc1ccc(C)s1. The van der Waals surface area contributed by atoms with Crippen LogP contribution in [0.15, 0.2) is 134 Å². The van der Waals surface area contributed by atoms with E-state index in [4.69, 9.17) is 0 Å². The van der Waals surface area contributed by atoms with Crippen LogP contribution in [0.1, 0.15) is 55.6 Å². The molecular formula is C40H48S2. The van der Waals surface area contributed by atoms with E-state index in [1.54, 1.807) is 0 Å². The van der Waals surface area contributed by atoms with Gasteiger partial charge in [0.25, 0.3) is 0 Å². The molecule has 2 aromatic heterocycles. The van der Waals surface area contributed by atoms with Gasteiger partial charge in [-0.2, -0.15) is 0 Å². The van der Waals surface area contributed by atoms with Crippen LogP contribution < -0.4 is 0 Å². The maximum Gasteiger partial charge on any atom is 0.0273 e. The third-order valence-electron chi connectivity index (χ3n) is 5.53. The lowest BCUT2D eigenvalue weighted by atomic mass is 10.1. The van der Waals surface area contributed by atoms with Crippen molar-refractivity contribution >= 4 is 34.8 Å². The van der Waals surface area contributed by atoms with Crippen molar-refractivity contribution in [2.75, 3.05) is 0 Å². The summed E-state index contributed by atoms with van der Waals surface area (Å²) in [4.78, 5) is 5.47. The van der Waals surface area contributed by atoms with Crippen LogP contribution in [0.5, 0.6) is 0 Å². The Kier molecular flexibility index (Phi) is 19.8. The lowest BCUT2D eigenvalue weighted by Crippen LogP contribution is -1.72. The minimum Gasteiger partial charge on any atom is -0.146 e. The molecule has 0 nitrogen and oxygen atoms in total. The van der Waals surface area contributed by atoms with E-state index in [1.165, 1.54) is 41.8 Å². The monoisotopic (exact) mass is 592 g/mol. The summed E-state index contributed by atoms with van der Waals surface area (Å²) in [7, 11) is 0. The summed E-state index contributed by atoms with van der Waals surface area (Å²) >= 11 is 3.66. The van der Waals surface area contributed by atoms with Crippen molar-refractivity contribution < 1.29 is 0 Å². The van der Waals surface area contributed by atoms with Gasteiger partial charge in [0.05, 0.1) is 0 Å². The topological polar surface area (TPSA) is 0 Å². The molecule has 0 aliphatic heterocycles. The number of rotatable bonds is 6. The minimum absolute atomic E-state index is 1.24. The number of thiophene rings is 2. The van der Waals surface area contributed by atoms with Gasteiger partial charge in [-0.1, -0.05) is 132 Å². The van der Waals surface area contributed by atoms with Crippen molar-refractivity contribution in [2.24, 2.45) is 0 Å². The molecule has 4 rings (SSSR count). The van der Waals surface area contributed by atoms with E-state index < -0.39 is 0 Å². The van der Waals surface area contributed by atoms with Gasteiger partial charge >= 0.3 is 0 Å². The second-order valence-electron chi connectivity index (χ2n) is 9.71. The highest BCUT2D eigenvalue weighted by atomic mass is 32.1. The third-order valence-corrected chi connectivity index (χ3v) is 7.41. The summed E-state index contributed by atoms with van der Waals surface area (Å²) in [6.07, 6.45) is 24.5. The first-order valence-electron chi connectivity index (χ1n) is 14.3. The second-order valence-corrected chi connectivity index (χ2v) is 12.5. The standard InChI is InChI=1S/C14H16.C12H14S.C8H10.C6H8S/c1-3-4-5-6-7-8-14-11-9-13(2)10-12-14;1-3-4-5-6-7-8-12-10-9-11(2)13-12;1-7-3-5-8(2)6-4-7;1-5-3-4-6(2)7-5/h3-12H,1-2H3;3-10H,1-2H3;3-6H,1-2H3;3-4H,1-2H3/b2*4-3+,6-5+,8-7+;;. The predicted octanol–water partition coefficient (Wildman–Crippen LogP) is 13.0. The molecule has 0 radical (unpaired) electrons. The Morgan fingerprint density at radius 1 is 0.381 bits per heavy atom. The van der Waals surface area contributed by atoms with Gasteiger partial charge in [0.1, 0.15) is 0 Å². The first kappa shape index (κ1) is 36.3. The normalized spacial score (nSPS) is 11.2. The van der Waals surface area contributed by atoms with Crippen molar-refractivity contribution in [3.05, 3.63) is 175 Å². The van der Waals surface area contributed by atoms with Crippen LogP contribution >= 0.6 is 22.7 Å². The largest absolute Gasteiger partial charge is 0.146 e. The highest BCUT2D eigenvalue weighted by molar-refractivity contribution is 7.12. The van der Waals surface area contributed by atoms with E-state index in [0.29, 0.717) is 0 Å². The summed E-state index contributed by atoms with van der Waals surface area (Å²) in [5.41, 5.74) is 5.19. The third kappa shape index (κ3) is 19.4. The van der Waals surface area contributed by atoms with Crippen LogP contribution in [0.25, 0.3) is 12.2 Å². The smallest absolute Gasteiger partial charge is 0.0273 e. The molecule has 0 fully saturated rings. The number of allylic oxidation sites excluding steroid dienone is 10. The fourth-order valence-electron chi connectivity index (χ4n) is 3.21. The zero-order valence-corrected chi connectivity index (χ0v) is 28.3. The van der Waals surface area contributed by atoms with E-state index in [1.807, 2.05) is 91.2 Å². The molecule has 0 N–H and O–H groups in total. The molecule has 0 spiro atoms. The first-order chi connectivity index (χ1) is 20.2. The van der Waals surface area contributed by atoms with Crippen LogP contribution in [0, 0.1) is 41.5 Å². The van der Waals surface area contributed by atoms with Gasteiger partial charge in [0, 0.05) is 19.5 Å². The molecule has 0 atom stereocenters. The molecule has 0 saturated carbocycles. The lowest BCUT2D eigenvalue weighted by Gasteiger charge is -1.92. The fourth-order valence-corrected chi connectivity index (χ4v) is 4.78. The van der Waals surface area contributed by atoms with Gasteiger partial charge in [-0.3, -0.25) is 0 Å². The van der Waals surface area contributed by atoms with Gasteiger partial charge in [-0.15, -0.1) is 22.7 Å². The number of aryl methyl sites for hydroxylation is 6. The Hall–Kier alpha value is -3.72. The Morgan fingerprint density at radius 2 is 0.762 bits per heavy atom. The van der Waals surface area contributed by atoms with Gasteiger partial charge < -0.3 is 0 Å². The average molecular weight is 593 g/mol. The summed E-state index contributed by atoms with van der Waals surface area (Å²) < 4.78 is 0. The Morgan fingerprint density at radius 3 is 1.14 bits per heavy atom. The van der Waals surface area contributed by atoms with Crippen LogP contribution in [0.3, 0.4) is 0 Å². The molecule has 220 valence electrons. The fraction of sp³-hybridized carbons (Fsp3) is 0.200. The highest BCUT2D eigenvalue weighted by Gasteiger charge is 1.89. The summed E-state index contributed by atoms with van der Waals surface area (Å²) in [5, 5.41) is 0. The molecule has 42 heavy (non-hydrogen) atoms. The van der Waals surface area contributed by atoms with Crippen molar-refractivity contribution in [1.29, 1.82) is 0 Å². The van der Waals surface area contributed by atoms with Gasteiger partial charge in [-0.25, -0.2) is 0 Å². The molecule has 0 aliphatic carbocycles. The number of benzene rings is 2. The molecule has 0 aliphatic rings. The molecule has 0 amide bonds. The van der Waals surface area contributed by atoms with Crippen LogP contribution in [0.2, 0.25) is 0 Å².